The number of benzene rings is 1. The summed E-state index contributed by atoms with van der Waals surface area (Å²) in [6.45, 7) is 0.324. The van der Waals surface area contributed by atoms with E-state index < -0.39 is 22.0 Å². The number of carbonyl (C=O) groups is 1. The van der Waals surface area contributed by atoms with Crippen molar-refractivity contribution in [1.29, 1.82) is 0 Å². The summed E-state index contributed by atoms with van der Waals surface area (Å²) in [5.74, 6) is -0.518. The monoisotopic (exact) mass is 303 g/mol. The summed E-state index contributed by atoms with van der Waals surface area (Å²) in [5, 5.41) is 0.463. The van der Waals surface area contributed by atoms with Gasteiger partial charge in [-0.2, -0.15) is 4.31 Å². The van der Waals surface area contributed by atoms with Crippen LogP contribution in [0.3, 0.4) is 0 Å². The number of hydrogen-bond acceptors (Lipinski definition) is 4. The first-order valence-electron chi connectivity index (χ1n) is 5.82. The predicted octanol–water partition coefficient (Wildman–Crippen LogP) is 1.67. The molecular weight excluding hydrogens is 290 g/mol. The zero-order valence-electron chi connectivity index (χ0n) is 10.4. The Balaban J connectivity index is 2.33. The molecule has 104 valence electrons. The molecule has 0 aliphatic carbocycles. The minimum Gasteiger partial charge on any atom is -0.468 e. The van der Waals surface area contributed by atoms with Crippen LogP contribution in [0.1, 0.15) is 12.8 Å². The average Bonchev–Trinajstić information content (AvgIpc) is 2.88. The highest BCUT2D eigenvalue weighted by molar-refractivity contribution is 7.89. The largest absolute Gasteiger partial charge is 0.468 e. The Morgan fingerprint density at radius 3 is 2.58 bits per heavy atom. The molecule has 2 rings (SSSR count). The second-order valence-corrected chi connectivity index (χ2v) is 6.58. The number of hydrogen-bond donors (Lipinski definition) is 0. The first-order chi connectivity index (χ1) is 8.96. The lowest BCUT2D eigenvalue weighted by Gasteiger charge is -2.22. The topological polar surface area (TPSA) is 63.7 Å². The molecule has 0 amide bonds. The molecule has 7 heteroatoms. The Bertz CT molecular complexity index is 570. The van der Waals surface area contributed by atoms with Crippen LogP contribution in [0.2, 0.25) is 5.02 Å². The molecule has 1 fully saturated rings. The highest BCUT2D eigenvalue weighted by atomic mass is 35.5. The molecule has 0 bridgehead atoms. The molecule has 1 aromatic rings. The third-order valence-electron chi connectivity index (χ3n) is 3.10. The van der Waals surface area contributed by atoms with E-state index in [4.69, 9.17) is 11.6 Å². The molecule has 0 saturated carbocycles. The number of carbonyl (C=O) groups excluding carboxylic acids is 1. The van der Waals surface area contributed by atoms with Crippen LogP contribution in [0, 0.1) is 0 Å². The van der Waals surface area contributed by atoms with Gasteiger partial charge in [-0.1, -0.05) is 11.6 Å². The van der Waals surface area contributed by atoms with Crippen LogP contribution in [-0.2, 0) is 19.6 Å². The van der Waals surface area contributed by atoms with E-state index in [1.165, 1.54) is 35.7 Å². The molecule has 1 unspecified atom stereocenters. The Morgan fingerprint density at radius 1 is 1.37 bits per heavy atom. The predicted molar refractivity (Wildman–Crippen MR) is 70.4 cm³/mol. The fraction of sp³-hybridized carbons (Fsp3) is 0.417. The van der Waals surface area contributed by atoms with Gasteiger partial charge in [-0.15, -0.1) is 0 Å². The van der Waals surface area contributed by atoms with E-state index in [1.54, 1.807) is 0 Å². The first-order valence-corrected chi connectivity index (χ1v) is 7.64. The molecule has 1 saturated heterocycles. The number of sulfonamides is 1. The van der Waals surface area contributed by atoms with Gasteiger partial charge in [-0.3, -0.25) is 4.79 Å². The Kier molecular flexibility index (Phi) is 4.13. The molecule has 0 N–H and O–H groups in total. The molecule has 1 atom stereocenters. The standard InChI is InChI=1S/C12H14ClNO4S/c1-18-12(15)11-3-2-8-14(11)19(16,17)10-6-4-9(13)5-7-10/h4-7,11H,2-3,8H2,1H3. The number of nitrogens with zero attached hydrogens (tertiary/aromatic N) is 1. The summed E-state index contributed by atoms with van der Waals surface area (Å²) in [7, 11) is -2.43. The van der Waals surface area contributed by atoms with Crippen LogP contribution in [0.5, 0.6) is 0 Å². The maximum absolute atomic E-state index is 12.5. The van der Waals surface area contributed by atoms with Crippen LogP contribution >= 0.6 is 11.6 Å². The van der Waals surface area contributed by atoms with Gasteiger partial charge >= 0.3 is 5.97 Å². The van der Waals surface area contributed by atoms with Gasteiger partial charge in [0.2, 0.25) is 10.0 Å². The van der Waals surface area contributed by atoms with Crippen molar-refractivity contribution in [1.82, 2.24) is 4.31 Å². The Morgan fingerprint density at radius 2 is 2.00 bits per heavy atom. The van der Waals surface area contributed by atoms with Crippen molar-refractivity contribution in [3.8, 4) is 0 Å². The molecule has 1 aromatic carbocycles. The van der Waals surface area contributed by atoms with E-state index in [2.05, 4.69) is 4.74 Å². The van der Waals surface area contributed by atoms with Crippen LogP contribution in [0.15, 0.2) is 29.2 Å². The SMILES string of the molecule is COC(=O)C1CCCN1S(=O)(=O)c1ccc(Cl)cc1. The van der Waals surface area contributed by atoms with E-state index in [1.807, 2.05) is 0 Å². The second kappa shape index (κ2) is 5.48. The Labute approximate surface area is 117 Å². The van der Waals surface area contributed by atoms with Crippen LogP contribution in [-0.4, -0.2) is 38.4 Å². The van der Waals surface area contributed by atoms with Gasteiger partial charge in [0, 0.05) is 11.6 Å². The minimum absolute atomic E-state index is 0.132. The summed E-state index contributed by atoms with van der Waals surface area (Å²) in [6, 6.07) is 5.16. The van der Waals surface area contributed by atoms with Crippen molar-refractivity contribution in [2.75, 3.05) is 13.7 Å². The van der Waals surface area contributed by atoms with E-state index in [9.17, 15) is 13.2 Å². The number of esters is 1. The fourth-order valence-electron chi connectivity index (χ4n) is 2.14. The highest BCUT2D eigenvalue weighted by Gasteiger charge is 2.39. The second-order valence-electron chi connectivity index (χ2n) is 4.25. The molecule has 19 heavy (non-hydrogen) atoms. The van der Waals surface area contributed by atoms with E-state index >= 15 is 0 Å². The summed E-state index contributed by atoms with van der Waals surface area (Å²) >= 11 is 5.74. The van der Waals surface area contributed by atoms with Crippen LogP contribution in [0.25, 0.3) is 0 Å². The molecule has 0 radical (unpaired) electrons. The van der Waals surface area contributed by atoms with E-state index in [-0.39, 0.29) is 4.90 Å². The molecule has 1 aliphatic rings. The van der Waals surface area contributed by atoms with Crippen LogP contribution in [0.4, 0.5) is 0 Å². The zero-order chi connectivity index (χ0) is 14.0. The van der Waals surface area contributed by atoms with Crippen molar-refractivity contribution in [3.63, 3.8) is 0 Å². The molecule has 1 aliphatic heterocycles. The fourth-order valence-corrected chi connectivity index (χ4v) is 3.91. The lowest BCUT2D eigenvalue weighted by molar-refractivity contribution is -0.144. The van der Waals surface area contributed by atoms with Crippen molar-refractivity contribution in [2.24, 2.45) is 0 Å². The number of methoxy groups -OCH3 is 1. The van der Waals surface area contributed by atoms with Crippen molar-refractivity contribution < 1.29 is 17.9 Å². The summed E-state index contributed by atoms with van der Waals surface area (Å²) in [4.78, 5) is 11.7. The highest BCUT2D eigenvalue weighted by Crippen LogP contribution is 2.27. The molecular formula is C12H14ClNO4S. The summed E-state index contributed by atoms with van der Waals surface area (Å²) in [5.41, 5.74) is 0. The van der Waals surface area contributed by atoms with Gasteiger partial charge in [-0.25, -0.2) is 8.42 Å². The van der Waals surface area contributed by atoms with Crippen LogP contribution < -0.4 is 0 Å². The average molecular weight is 304 g/mol. The van der Waals surface area contributed by atoms with Gasteiger partial charge in [-0.05, 0) is 37.1 Å². The molecule has 1 heterocycles. The summed E-state index contributed by atoms with van der Waals surface area (Å²) in [6.07, 6.45) is 1.13. The molecule has 0 spiro atoms. The van der Waals surface area contributed by atoms with Gasteiger partial charge in [0.05, 0.1) is 12.0 Å². The molecule has 0 aromatic heterocycles. The third kappa shape index (κ3) is 2.75. The maximum atomic E-state index is 12.5. The summed E-state index contributed by atoms with van der Waals surface area (Å²) < 4.78 is 30.7. The third-order valence-corrected chi connectivity index (χ3v) is 5.27. The number of ether oxygens (including phenoxy) is 1. The van der Waals surface area contributed by atoms with Crippen molar-refractivity contribution >= 4 is 27.6 Å². The lowest BCUT2D eigenvalue weighted by atomic mass is 10.2. The number of halogens is 1. The van der Waals surface area contributed by atoms with E-state index in [0.717, 1.165) is 0 Å². The van der Waals surface area contributed by atoms with Gasteiger partial charge in [0.1, 0.15) is 6.04 Å². The van der Waals surface area contributed by atoms with Gasteiger partial charge in [0.15, 0.2) is 0 Å². The van der Waals surface area contributed by atoms with E-state index in [0.29, 0.717) is 24.4 Å². The van der Waals surface area contributed by atoms with Gasteiger partial charge in [0.25, 0.3) is 0 Å². The smallest absolute Gasteiger partial charge is 0.324 e. The van der Waals surface area contributed by atoms with Gasteiger partial charge < -0.3 is 4.74 Å². The number of rotatable bonds is 3. The lowest BCUT2D eigenvalue weighted by Crippen LogP contribution is -2.40. The van der Waals surface area contributed by atoms with Crippen molar-refractivity contribution in [2.45, 2.75) is 23.8 Å². The normalized spacial score (nSPS) is 20.4. The first kappa shape index (κ1) is 14.3. The zero-order valence-corrected chi connectivity index (χ0v) is 11.9. The minimum atomic E-state index is -3.69. The maximum Gasteiger partial charge on any atom is 0.324 e. The molecule has 5 nitrogen and oxygen atoms in total. The quantitative estimate of drug-likeness (QED) is 0.797. The Hall–Kier alpha value is -1.11. The van der Waals surface area contributed by atoms with Crippen molar-refractivity contribution in [3.05, 3.63) is 29.3 Å².